The molecule has 0 saturated carbocycles. The molecule has 1 N–H and O–H groups in total. The Labute approximate surface area is 84.7 Å². The van der Waals surface area contributed by atoms with Crippen molar-refractivity contribution in [3.8, 4) is 11.5 Å². The molecule has 0 aliphatic rings. The van der Waals surface area contributed by atoms with Gasteiger partial charge in [-0.3, -0.25) is 0 Å². The van der Waals surface area contributed by atoms with Gasteiger partial charge in [0.15, 0.2) is 11.5 Å². The number of halogens is 2. The number of phenolic OH excluding ortho intramolecular Hbond substituents is 1. The van der Waals surface area contributed by atoms with Gasteiger partial charge in [-0.1, -0.05) is 30.3 Å². The maximum Gasteiger partial charge on any atom is 0.387 e. The van der Waals surface area contributed by atoms with E-state index in [0.717, 1.165) is 5.39 Å². The Morgan fingerprint density at radius 1 is 1.07 bits per heavy atom. The number of rotatable bonds is 2. The first kappa shape index (κ1) is 9.71. The molecule has 0 spiro atoms. The molecule has 15 heavy (non-hydrogen) atoms. The molecule has 2 aromatic carbocycles. The lowest BCUT2D eigenvalue weighted by Crippen LogP contribution is -2.01. The Hall–Kier alpha value is -1.84. The quantitative estimate of drug-likeness (QED) is 0.825. The van der Waals surface area contributed by atoms with Gasteiger partial charge in [0.05, 0.1) is 0 Å². The number of hydrogen-bond donors (Lipinski definition) is 1. The van der Waals surface area contributed by atoms with Crippen LogP contribution in [0.4, 0.5) is 8.78 Å². The molecule has 0 aromatic heterocycles. The standard InChI is InChI=1S/C11H8F2O2/c12-11(13)15-9-6-5-7-3-1-2-4-8(7)10(9)14/h1-6,11,14H. The highest BCUT2D eigenvalue weighted by molar-refractivity contribution is 5.90. The van der Waals surface area contributed by atoms with Crippen LogP contribution in [0.5, 0.6) is 11.5 Å². The molecule has 0 aliphatic carbocycles. The first-order valence-corrected chi connectivity index (χ1v) is 4.34. The number of aromatic hydroxyl groups is 1. The number of phenols is 1. The van der Waals surface area contributed by atoms with Crippen molar-refractivity contribution in [1.29, 1.82) is 0 Å². The second kappa shape index (κ2) is 3.73. The summed E-state index contributed by atoms with van der Waals surface area (Å²) in [4.78, 5) is 0. The summed E-state index contributed by atoms with van der Waals surface area (Å²) < 4.78 is 28.1. The van der Waals surface area contributed by atoms with Gasteiger partial charge in [-0.25, -0.2) is 0 Å². The lowest BCUT2D eigenvalue weighted by Gasteiger charge is -2.08. The first-order chi connectivity index (χ1) is 7.18. The van der Waals surface area contributed by atoms with Gasteiger partial charge < -0.3 is 9.84 Å². The minimum atomic E-state index is -2.93. The second-order valence-corrected chi connectivity index (χ2v) is 3.01. The fourth-order valence-corrected chi connectivity index (χ4v) is 1.43. The van der Waals surface area contributed by atoms with Crippen molar-refractivity contribution in [3.05, 3.63) is 36.4 Å². The van der Waals surface area contributed by atoms with Crippen LogP contribution < -0.4 is 4.74 Å². The molecule has 0 amide bonds. The van der Waals surface area contributed by atoms with Crippen LogP contribution in [0, 0.1) is 0 Å². The number of hydrogen-bond acceptors (Lipinski definition) is 2. The van der Waals surface area contributed by atoms with Crippen LogP contribution in [0.25, 0.3) is 10.8 Å². The Morgan fingerprint density at radius 2 is 1.80 bits per heavy atom. The number of alkyl halides is 2. The van der Waals surface area contributed by atoms with E-state index in [1.807, 2.05) is 0 Å². The van der Waals surface area contributed by atoms with Crippen LogP contribution in [0.15, 0.2) is 36.4 Å². The smallest absolute Gasteiger partial charge is 0.387 e. The minimum absolute atomic E-state index is 0.205. The summed E-state index contributed by atoms with van der Waals surface area (Å²) in [6, 6.07) is 9.88. The highest BCUT2D eigenvalue weighted by Gasteiger charge is 2.11. The molecule has 2 aromatic rings. The topological polar surface area (TPSA) is 29.5 Å². The molecular formula is C11H8F2O2. The van der Waals surface area contributed by atoms with Crippen molar-refractivity contribution in [2.45, 2.75) is 6.61 Å². The van der Waals surface area contributed by atoms with E-state index in [0.29, 0.717) is 5.39 Å². The summed E-state index contributed by atoms with van der Waals surface area (Å²) in [5.41, 5.74) is 0. The van der Waals surface area contributed by atoms with E-state index in [1.165, 1.54) is 6.07 Å². The largest absolute Gasteiger partial charge is 0.504 e. The Balaban J connectivity index is 2.55. The summed E-state index contributed by atoms with van der Waals surface area (Å²) >= 11 is 0. The Bertz CT molecular complexity index is 483. The van der Waals surface area contributed by atoms with Crippen molar-refractivity contribution < 1.29 is 18.6 Å². The summed E-state index contributed by atoms with van der Waals surface area (Å²) in [5.74, 6) is -0.461. The molecule has 0 heterocycles. The molecule has 4 heteroatoms. The molecule has 0 fully saturated rings. The molecule has 0 aliphatic heterocycles. The average Bonchev–Trinajstić information content (AvgIpc) is 2.22. The molecule has 0 unspecified atom stereocenters. The zero-order valence-corrected chi connectivity index (χ0v) is 7.65. The van der Waals surface area contributed by atoms with Gasteiger partial charge in [0.2, 0.25) is 0 Å². The molecule has 78 valence electrons. The second-order valence-electron chi connectivity index (χ2n) is 3.01. The summed E-state index contributed by atoms with van der Waals surface area (Å²) in [6.07, 6.45) is 0. The third-order valence-electron chi connectivity index (χ3n) is 2.08. The Morgan fingerprint density at radius 3 is 2.53 bits per heavy atom. The van der Waals surface area contributed by atoms with Crippen LogP contribution in [-0.2, 0) is 0 Å². The summed E-state index contributed by atoms with van der Waals surface area (Å²) in [6.45, 7) is -2.93. The zero-order chi connectivity index (χ0) is 10.8. The lowest BCUT2D eigenvalue weighted by molar-refractivity contribution is -0.0511. The fourth-order valence-electron chi connectivity index (χ4n) is 1.43. The van der Waals surface area contributed by atoms with Crippen molar-refractivity contribution in [1.82, 2.24) is 0 Å². The monoisotopic (exact) mass is 210 g/mol. The van der Waals surface area contributed by atoms with Crippen LogP contribution >= 0.6 is 0 Å². The molecule has 2 rings (SSSR count). The average molecular weight is 210 g/mol. The first-order valence-electron chi connectivity index (χ1n) is 4.34. The van der Waals surface area contributed by atoms with Gasteiger partial charge in [-0.05, 0) is 11.5 Å². The molecule has 2 nitrogen and oxygen atoms in total. The molecule has 0 radical (unpaired) electrons. The zero-order valence-electron chi connectivity index (χ0n) is 7.65. The predicted molar refractivity (Wildman–Crippen MR) is 52.2 cm³/mol. The van der Waals surface area contributed by atoms with Crippen molar-refractivity contribution >= 4 is 10.8 Å². The van der Waals surface area contributed by atoms with Crippen LogP contribution in [0.3, 0.4) is 0 Å². The fraction of sp³-hybridized carbons (Fsp3) is 0.0909. The van der Waals surface area contributed by atoms with Crippen molar-refractivity contribution in [2.24, 2.45) is 0 Å². The number of benzene rings is 2. The van der Waals surface area contributed by atoms with E-state index in [1.54, 1.807) is 30.3 Å². The third-order valence-corrected chi connectivity index (χ3v) is 2.08. The summed E-state index contributed by atoms with van der Waals surface area (Å²) in [7, 11) is 0. The van der Waals surface area contributed by atoms with Crippen LogP contribution in [0.1, 0.15) is 0 Å². The van der Waals surface area contributed by atoms with E-state index in [9.17, 15) is 13.9 Å². The van der Waals surface area contributed by atoms with Gasteiger partial charge in [0.25, 0.3) is 0 Å². The van der Waals surface area contributed by atoms with Gasteiger partial charge in [-0.15, -0.1) is 0 Å². The summed E-state index contributed by atoms with van der Waals surface area (Å²) in [5, 5.41) is 10.9. The predicted octanol–water partition coefficient (Wildman–Crippen LogP) is 3.15. The van der Waals surface area contributed by atoms with Crippen LogP contribution in [-0.4, -0.2) is 11.7 Å². The molecule has 0 saturated heterocycles. The van der Waals surface area contributed by atoms with Gasteiger partial charge in [0.1, 0.15) is 0 Å². The maximum atomic E-state index is 12.0. The Kier molecular flexibility index (Phi) is 2.41. The van der Waals surface area contributed by atoms with E-state index in [4.69, 9.17) is 0 Å². The van der Waals surface area contributed by atoms with Crippen molar-refractivity contribution in [2.75, 3.05) is 0 Å². The molecular weight excluding hydrogens is 202 g/mol. The van der Waals surface area contributed by atoms with Gasteiger partial charge in [0, 0.05) is 5.39 Å². The SMILES string of the molecule is Oc1c(OC(F)F)ccc2ccccc12. The normalized spacial score (nSPS) is 10.9. The minimum Gasteiger partial charge on any atom is -0.504 e. The van der Waals surface area contributed by atoms with Gasteiger partial charge >= 0.3 is 6.61 Å². The highest BCUT2D eigenvalue weighted by atomic mass is 19.3. The lowest BCUT2D eigenvalue weighted by atomic mass is 10.1. The van der Waals surface area contributed by atoms with E-state index < -0.39 is 6.61 Å². The van der Waals surface area contributed by atoms with Crippen molar-refractivity contribution in [3.63, 3.8) is 0 Å². The molecule has 0 bridgehead atoms. The molecule has 0 atom stereocenters. The number of ether oxygens (including phenoxy) is 1. The third kappa shape index (κ3) is 1.83. The number of fused-ring (bicyclic) bond motifs is 1. The highest BCUT2D eigenvalue weighted by Crippen LogP contribution is 2.34. The van der Waals surface area contributed by atoms with Crippen LogP contribution in [0.2, 0.25) is 0 Å². The van der Waals surface area contributed by atoms with E-state index in [-0.39, 0.29) is 11.5 Å². The van der Waals surface area contributed by atoms with Gasteiger partial charge in [-0.2, -0.15) is 8.78 Å². The van der Waals surface area contributed by atoms with E-state index in [2.05, 4.69) is 4.74 Å². The maximum absolute atomic E-state index is 12.0. The van der Waals surface area contributed by atoms with E-state index >= 15 is 0 Å².